The van der Waals surface area contributed by atoms with Crippen LogP contribution in [-0.2, 0) is 11.2 Å². The van der Waals surface area contributed by atoms with E-state index in [1.807, 2.05) is 0 Å². The van der Waals surface area contributed by atoms with Crippen molar-refractivity contribution in [1.29, 1.82) is 0 Å². The maximum Gasteiger partial charge on any atom is 0.353 e. The van der Waals surface area contributed by atoms with Gasteiger partial charge in [-0.3, -0.25) is 0 Å². The Hall–Kier alpha value is -1.36. The van der Waals surface area contributed by atoms with Crippen molar-refractivity contribution in [3.8, 4) is 0 Å². The van der Waals surface area contributed by atoms with Crippen molar-refractivity contribution in [1.82, 2.24) is 9.97 Å². The lowest BCUT2D eigenvalue weighted by atomic mass is 10.2. The molecule has 0 saturated carbocycles. The number of aromatic carboxylic acids is 1. The van der Waals surface area contributed by atoms with Crippen LogP contribution in [0.2, 0.25) is 0 Å². The summed E-state index contributed by atoms with van der Waals surface area (Å²) in [6, 6.07) is 0. The third-order valence-electron chi connectivity index (χ3n) is 2.30. The second-order valence-corrected chi connectivity index (χ2v) is 3.39. The fourth-order valence-electron chi connectivity index (χ4n) is 1.60. The molecule has 76 valence electrons. The van der Waals surface area contributed by atoms with Gasteiger partial charge in [-0.05, 0) is 12.8 Å². The van der Waals surface area contributed by atoms with Gasteiger partial charge in [0.15, 0.2) is 0 Å². The van der Waals surface area contributed by atoms with Crippen LogP contribution in [0.15, 0.2) is 6.20 Å². The van der Waals surface area contributed by atoms with Crippen molar-refractivity contribution in [3.05, 3.63) is 17.7 Å². The fraction of sp³-hybridized carbons (Fsp3) is 0.556. The average Bonchev–Trinajstić information content (AvgIpc) is 2.75. The van der Waals surface area contributed by atoms with Gasteiger partial charge in [-0.25, -0.2) is 9.78 Å². The summed E-state index contributed by atoms with van der Waals surface area (Å²) in [5.41, 5.74) is 0.137. The van der Waals surface area contributed by atoms with Crippen molar-refractivity contribution in [2.75, 3.05) is 6.61 Å². The number of hydrogen-bond acceptors (Lipinski definition) is 3. The topological polar surface area (TPSA) is 75.2 Å². The first kappa shape index (κ1) is 9.21. The number of carboxylic acids is 1. The molecule has 1 aliphatic heterocycles. The molecule has 1 aliphatic rings. The first-order valence-corrected chi connectivity index (χ1v) is 4.64. The van der Waals surface area contributed by atoms with E-state index in [0.717, 1.165) is 19.4 Å². The molecule has 5 nitrogen and oxygen atoms in total. The van der Waals surface area contributed by atoms with Crippen LogP contribution >= 0.6 is 0 Å². The molecule has 1 unspecified atom stereocenters. The molecular weight excluding hydrogens is 184 g/mol. The Balaban J connectivity index is 1.98. The summed E-state index contributed by atoms with van der Waals surface area (Å²) in [6.45, 7) is 0.803. The number of imidazole rings is 1. The van der Waals surface area contributed by atoms with Crippen LogP contribution in [0.25, 0.3) is 0 Å². The highest BCUT2D eigenvalue weighted by molar-refractivity contribution is 5.84. The number of hydrogen-bond donors (Lipinski definition) is 2. The molecule has 0 amide bonds. The van der Waals surface area contributed by atoms with Crippen molar-refractivity contribution in [2.45, 2.75) is 25.4 Å². The molecule has 1 aromatic rings. The Kier molecular flexibility index (Phi) is 2.49. The Bertz CT molecular complexity index is 329. The van der Waals surface area contributed by atoms with Crippen molar-refractivity contribution >= 4 is 5.97 Å². The molecule has 2 N–H and O–H groups in total. The molecule has 5 heteroatoms. The third-order valence-corrected chi connectivity index (χ3v) is 2.30. The Morgan fingerprint density at radius 1 is 1.79 bits per heavy atom. The molecule has 2 heterocycles. The van der Waals surface area contributed by atoms with E-state index in [1.165, 1.54) is 6.20 Å². The third kappa shape index (κ3) is 1.93. The first-order chi connectivity index (χ1) is 6.75. The van der Waals surface area contributed by atoms with Crippen LogP contribution in [0.3, 0.4) is 0 Å². The van der Waals surface area contributed by atoms with Crippen LogP contribution in [0.4, 0.5) is 0 Å². The van der Waals surface area contributed by atoms with E-state index in [0.29, 0.717) is 12.2 Å². The molecule has 1 atom stereocenters. The molecule has 0 aromatic carbocycles. The quantitative estimate of drug-likeness (QED) is 0.750. The molecule has 0 spiro atoms. The summed E-state index contributed by atoms with van der Waals surface area (Å²) in [7, 11) is 0. The zero-order valence-electron chi connectivity index (χ0n) is 7.69. The summed E-state index contributed by atoms with van der Waals surface area (Å²) in [6.07, 6.45) is 4.32. The minimum atomic E-state index is -0.976. The Labute approximate surface area is 81.1 Å². The highest BCUT2D eigenvalue weighted by Gasteiger charge is 2.18. The lowest BCUT2D eigenvalue weighted by molar-refractivity contribution is 0.0690. The average molecular weight is 196 g/mol. The second kappa shape index (κ2) is 3.79. The van der Waals surface area contributed by atoms with Gasteiger partial charge in [-0.15, -0.1) is 0 Å². The zero-order chi connectivity index (χ0) is 9.97. The molecule has 14 heavy (non-hydrogen) atoms. The number of nitrogens with zero attached hydrogens (tertiary/aromatic N) is 1. The second-order valence-electron chi connectivity index (χ2n) is 3.39. The van der Waals surface area contributed by atoms with Gasteiger partial charge in [0.1, 0.15) is 11.5 Å². The number of aromatic amines is 1. The molecule has 0 bridgehead atoms. The number of ether oxygens (including phenoxy) is 1. The summed E-state index contributed by atoms with van der Waals surface area (Å²) in [5, 5.41) is 8.66. The zero-order valence-corrected chi connectivity index (χ0v) is 7.69. The normalized spacial score (nSPS) is 21.3. The monoisotopic (exact) mass is 196 g/mol. The van der Waals surface area contributed by atoms with E-state index in [1.54, 1.807) is 0 Å². The maximum atomic E-state index is 10.5. The smallest absolute Gasteiger partial charge is 0.353 e. The van der Waals surface area contributed by atoms with E-state index in [-0.39, 0.29) is 11.8 Å². The lowest BCUT2D eigenvalue weighted by Gasteiger charge is -2.05. The van der Waals surface area contributed by atoms with E-state index < -0.39 is 5.97 Å². The van der Waals surface area contributed by atoms with Crippen molar-refractivity contribution < 1.29 is 14.6 Å². The molecule has 1 fully saturated rings. The van der Waals surface area contributed by atoms with Gasteiger partial charge in [-0.1, -0.05) is 0 Å². The predicted molar refractivity (Wildman–Crippen MR) is 48.2 cm³/mol. The maximum absolute atomic E-state index is 10.5. The van der Waals surface area contributed by atoms with E-state index in [2.05, 4.69) is 9.97 Å². The SMILES string of the molecule is O=C(O)c1cnc(CC2CCCO2)[nH]1. The number of H-pyrrole nitrogens is 1. The lowest BCUT2D eigenvalue weighted by Crippen LogP contribution is -2.10. The summed E-state index contributed by atoms with van der Waals surface area (Å²) < 4.78 is 5.42. The van der Waals surface area contributed by atoms with Crippen LogP contribution < -0.4 is 0 Å². The Morgan fingerprint density at radius 3 is 3.21 bits per heavy atom. The van der Waals surface area contributed by atoms with Gasteiger partial charge in [-0.2, -0.15) is 0 Å². The molecule has 0 radical (unpaired) electrons. The standard InChI is InChI=1S/C9H12N2O3/c12-9(13)7-5-10-8(11-7)4-6-2-1-3-14-6/h5-6H,1-4H2,(H,10,11)(H,12,13). The molecule has 1 aromatic heterocycles. The van der Waals surface area contributed by atoms with Crippen LogP contribution in [0.1, 0.15) is 29.2 Å². The summed E-state index contributed by atoms with van der Waals surface area (Å²) in [4.78, 5) is 17.3. The number of aromatic nitrogens is 2. The van der Waals surface area contributed by atoms with Gasteiger partial charge in [0.05, 0.1) is 12.3 Å². The number of nitrogens with one attached hydrogen (secondary N) is 1. The van der Waals surface area contributed by atoms with Gasteiger partial charge in [0, 0.05) is 13.0 Å². The highest BCUT2D eigenvalue weighted by atomic mass is 16.5. The molecule has 1 saturated heterocycles. The molecular formula is C9H12N2O3. The van der Waals surface area contributed by atoms with Crippen LogP contribution in [-0.4, -0.2) is 33.8 Å². The number of carbonyl (C=O) groups is 1. The van der Waals surface area contributed by atoms with Gasteiger partial charge in [0.25, 0.3) is 0 Å². The minimum Gasteiger partial charge on any atom is -0.477 e. The predicted octanol–water partition coefficient (Wildman–Crippen LogP) is 0.829. The van der Waals surface area contributed by atoms with E-state index in [4.69, 9.17) is 9.84 Å². The van der Waals surface area contributed by atoms with Crippen LogP contribution in [0, 0.1) is 0 Å². The number of carboxylic acid groups (broad SMARTS) is 1. The van der Waals surface area contributed by atoms with Crippen molar-refractivity contribution in [3.63, 3.8) is 0 Å². The fourth-order valence-corrected chi connectivity index (χ4v) is 1.60. The van der Waals surface area contributed by atoms with Gasteiger partial charge in [0.2, 0.25) is 0 Å². The highest BCUT2D eigenvalue weighted by Crippen LogP contribution is 2.15. The van der Waals surface area contributed by atoms with Crippen LogP contribution in [0.5, 0.6) is 0 Å². The Morgan fingerprint density at radius 2 is 2.64 bits per heavy atom. The van der Waals surface area contributed by atoms with Gasteiger partial charge >= 0.3 is 5.97 Å². The first-order valence-electron chi connectivity index (χ1n) is 4.64. The van der Waals surface area contributed by atoms with Gasteiger partial charge < -0.3 is 14.8 Å². The largest absolute Gasteiger partial charge is 0.477 e. The van der Waals surface area contributed by atoms with E-state index >= 15 is 0 Å². The molecule has 2 rings (SSSR count). The van der Waals surface area contributed by atoms with E-state index in [9.17, 15) is 4.79 Å². The number of rotatable bonds is 3. The van der Waals surface area contributed by atoms with Crippen molar-refractivity contribution in [2.24, 2.45) is 0 Å². The summed E-state index contributed by atoms with van der Waals surface area (Å²) in [5.74, 6) is -0.287. The summed E-state index contributed by atoms with van der Waals surface area (Å²) >= 11 is 0. The molecule has 0 aliphatic carbocycles. The minimum absolute atomic E-state index is 0.137.